The summed E-state index contributed by atoms with van der Waals surface area (Å²) in [6.45, 7) is 3.28. The minimum Gasteiger partial charge on any atom is -0.465 e. The molecule has 0 aliphatic carbocycles. The topological polar surface area (TPSA) is 83.5 Å². The number of furan rings is 1. The van der Waals surface area contributed by atoms with E-state index in [1.807, 2.05) is 32.0 Å². The molecule has 0 aliphatic rings. The number of hydrogen-bond donors (Lipinski definition) is 0. The molecule has 6 nitrogen and oxygen atoms in total. The third kappa shape index (κ3) is 4.82. The Morgan fingerprint density at radius 3 is 2.52 bits per heavy atom. The van der Waals surface area contributed by atoms with Crippen LogP contribution in [0.2, 0.25) is 0 Å². The molecule has 2 rings (SSSR count). The second-order valence-electron chi connectivity index (χ2n) is 5.45. The van der Waals surface area contributed by atoms with E-state index < -0.39 is 12.6 Å². The first-order valence-corrected chi connectivity index (χ1v) is 7.72. The standard InChI is InChI=1S/C19H18N2O4/c1-14(2)21(16-7-4-3-5-8-16)18(22)13-25-19(23)15(12-20)11-17-9-6-10-24-17/h3-11,14H,13H2,1-2H3/b15-11+. The van der Waals surface area contributed by atoms with Gasteiger partial charge in [0.1, 0.15) is 17.4 Å². The summed E-state index contributed by atoms with van der Waals surface area (Å²) in [5, 5.41) is 9.08. The van der Waals surface area contributed by atoms with E-state index in [0.29, 0.717) is 11.4 Å². The van der Waals surface area contributed by atoms with E-state index in [1.54, 1.807) is 30.3 Å². The SMILES string of the molecule is CC(C)N(C(=O)COC(=O)/C(C#N)=C/c1ccco1)c1ccccc1. The van der Waals surface area contributed by atoms with Crippen molar-refractivity contribution in [2.24, 2.45) is 0 Å². The first-order valence-electron chi connectivity index (χ1n) is 7.72. The maximum atomic E-state index is 12.4. The van der Waals surface area contributed by atoms with Crippen LogP contribution in [0.3, 0.4) is 0 Å². The number of carbonyl (C=O) groups is 2. The molecule has 0 bridgehead atoms. The van der Waals surface area contributed by atoms with Crippen LogP contribution in [0.15, 0.2) is 58.7 Å². The molecule has 1 aromatic carbocycles. The highest BCUT2D eigenvalue weighted by molar-refractivity contribution is 6.00. The first kappa shape index (κ1) is 18.0. The quantitative estimate of drug-likeness (QED) is 0.459. The Morgan fingerprint density at radius 2 is 1.96 bits per heavy atom. The fraction of sp³-hybridized carbons (Fsp3) is 0.211. The second-order valence-corrected chi connectivity index (χ2v) is 5.45. The summed E-state index contributed by atoms with van der Waals surface area (Å²) >= 11 is 0. The van der Waals surface area contributed by atoms with Crippen LogP contribution in [0.5, 0.6) is 0 Å². The van der Waals surface area contributed by atoms with E-state index >= 15 is 0 Å². The molecule has 0 spiro atoms. The Balaban J connectivity index is 2.05. The highest BCUT2D eigenvalue weighted by Gasteiger charge is 2.21. The Labute approximate surface area is 145 Å². The molecule has 2 aromatic rings. The van der Waals surface area contributed by atoms with E-state index in [4.69, 9.17) is 14.4 Å². The summed E-state index contributed by atoms with van der Waals surface area (Å²) in [4.78, 5) is 26.0. The van der Waals surface area contributed by atoms with Crippen molar-refractivity contribution in [2.75, 3.05) is 11.5 Å². The molecule has 25 heavy (non-hydrogen) atoms. The molecule has 1 aromatic heterocycles. The summed E-state index contributed by atoms with van der Waals surface area (Å²) in [6, 6.07) is 14.0. The van der Waals surface area contributed by atoms with Crippen LogP contribution in [0.4, 0.5) is 5.69 Å². The number of nitrogens with zero attached hydrogens (tertiary/aromatic N) is 2. The number of esters is 1. The van der Waals surface area contributed by atoms with Crippen molar-refractivity contribution in [2.45, 2.75) is 19.9 Å². The highest BCUT2D eigenvalue weighted by Crippen LogP contribution is 2.17. The third-order valence-electron chi connectivity index (χ3n) is 3.32. The average Bonchev–Trinajstić information content (AvgIpc) is 3.11. The van der Waals surface area contributed by atoms with E-state index in [-0.39, 0.29) is 17.5 Å². The largest absolute Gasteiger partial charge is 0.465 e. The zero-order valence-corrected chi connectivity index (χ0v) is 14.0. The maximum Gasteiger partial charge on any atom is 0.349 e. The fourth-order valence-electron chi connectivity index (χ4n) is 2.25. The zero-order chi connectivity index (χ0) is 18.2. The minimum absolute atomic E-state index is 0.109. The van der Waals surface area contributed by atoms with Crippen LogP contribution >= 0.6 is 0 Å². The van der Waals surface area contributed by atoms with Crippen molar-refractivity contribution < 1.29 is 18.7 Å². The van der Waals surface area contributed by atoms with Crippen LogP contribution in [0.1, 0.15) is 19.6 Å². The number of amides is 1. The Bertz CT molecular complexity index is 787. The Kier molecular flexibility index (Phi) is 6.13. The van der Waals surface area contributed by atoms with E-state index in [9.17, 15) is 9.59 Å². The molecular formula is C19H18N2O4. The summed E-state index contributed by atoms with van der Waals surface area (Å²) in [5.74, 6) is -0.887. The molecule has 0 radical (unpaired) electrons. The molecule has 1 heterocycles. The van der Waals surface area contributed by atoms with Gasteiger partial charge in [0.2, 0.25) is 0 Å². The Morgan fingerprint density at radius 1 is 1.24 bits per heavy atom. The van der Waals surface area contributed by atoms with Crippen LogP contribution in [-0.2, 0) is 14.3 Å². The maximum absolute atomic E-state index is 12.4. The van der Waals surface area contributed by atoms with E-state index in [2.05, 4.69) is 0 Å². The van der Waals surface area contributed by atoms with Gasteiger partial charge in [-0.05, 0) is 38.1 Å². The molecule has 0 N–H and O–H groups in total. The van der Waals surface area contributed by atoms with Crippen molar-refractivity contribution in [3.63, 3.8) is 0 Å². The number of nitriles is 1. The van der Waals surface area contributed by atoms with Gasteiger partial charge < -0.3 is 14.1 Å². The van der Waals surface area contributed by atoms with Gasteiger partial charge in [0.05, 0.1) is 6.26 Å². The van der Waals surface area contributed by atoms with Gasteiger partial charge in [-0.2, -0.15) is 5.26 Å². The lowest BCUT2D eigenvalue weighted by atomic mass is 10.2. The monoisotopic (exact) mass is 338 g/mol. The summed E-state index contributed by atoms with van der Waals surface area (Å²) in [5.41, 5.74) is 0.476. The summed E-state index contributed by atoms with van der Waals surface area (Å²) in [7, 11) is 0. The van der Waals surface area contributed by atoms with Gasteiger partial charge in [-0.15, -0.1) is 0 Å². The molecule has 6 heteroatoms. The summed E-state index contributed by atoms with van der Waals surface area (Å²) in [6.07, 6.45) is 2.69. The molecule has 0 saturated carbocycles. The van der Waals surface area contributed by atoms with Gasteiger partial charge in [-0.1, -0.05) is 18.2 Å². The van der Waals surface area contributed by atoms with E-state index in [0.717, 1.165) is 0 Å². The lowest BCUT2D eigenvalue weighted by molar-refractivity contribution is -0.143. The van der Waals surface area contributed by atoms with Crippen LogP contribution in [0, 0.1) is 11.3 Å². The highest BCUT2D eigenvalue weighted by atomic mass is 16.5. The lowest BCUT2D eigenvalue weighted by Crippen LogP contribution is -2.40. The zero-order valence-electron chi connectivity index (χ0n) is 14.0. The number of hydrogen-bond acceptors (Lipinski definition) is 5. The smallest absolute Gasteiger partial charge is 0.349 e. The van der Waals surface area contributed by atoms with Crippen molar-refractivity contribution in [3.05, 3.63) is 60.1 Å². The van der Waals surface area contributed by atoms with Crippen LogP contribution in [-0.4, -0.2) is 24.5 Å². The molecule has 0 aliphatic heterocycles. The normalized spacial score (nSPS) is 11.0. The predicted octanol–water partition coefficient (Wildman–Crippen LogP) is 3.17. The molecule has 0 saturated heterocycles. The van der Waals surface area contributed by atoms with Gasteiger partial charge in [0.25, 0.3) is 5.91 Å². The van der Waals surface area contributed by atoms with Gasteiger partial charge in [-0.3, -0.25) is 4.79 Å². The van der Waals surface area contributed by atoms with Crippen molar-refractivity contribution in [1.82, 2.24) is 0 Å². The van der Waals surface area contributed by atoms with Crippen LogP contribution < -0.4 is 4.90 Å². The average molecular weight is 338 g/mol. The Hall–Kier alpha value is -3.33. The van der Waals surface area contributed by atoms with Gasteiger partial charge >= 0.3 is 5.97 Å². The lowest BCUT2D eigenvalue weighted by Gasteiger charge is -2.26. The molecular weight excluding hydrogens is 320 g/mol. The second kappa shape index (κ2) is 8.50. The van der Waals surface area contributed by atoms with Crippen molar-refractivity contribution in [1.29, 1.82) is 5.26 Å². The molecule has 0 unspecified atom stereocenters. The number of rotatable bonds is 6. The summed E-state index contributed by atoms with van der Waals surface area (Å²) < 4.78 is 10.1. The van der Waals surface area contributed by atoms with Crippen molar-refractivity contribution >= 4 is 23.6 Å². The van der Waals surface area contributed by atoms with E-state index in [1.165, 1.54) is 17.2 Å². The number of carbonyl (C=O) groups excluding carboxylic acids is 2. The number of ether oxygens (including phenoxy) is 1. The number of benzene rings is 1. The number of para-hydroxylation sites is 1. The van der Waals surface area contributed by atoms with Gasteiger partial charge in [0.15, 0.2) is 6.61 Å². The molecule has 0 fully saturated rings. The number of anilines is 1. The molecule has 128 valence electrons. The fourth-order valence-corrected chi connectivity index (χ4v) is 2.25. The minimum atomic E-state index is -0.871. The molecule has 1 amide bonds. The van der Waals surface area contributed by atoms with Crippen LogP contribution in [0.25, 0.3) is 6.08 Å². The predicted molar refractivity (Wildman–Crippen MR) is 92.3 cm³/mol. The molecule has 0 atom stereocenters. The van der Waals surface area contributed by atoms with Gasteiger partial charge in [-0.25, -0.2) is 4.79 Å². The first-order chi connectivity index (χ1) is 12.0. The van der Waals surface area contributed by atoms with Gasteiger partial charge in [0, 0.05) is 17.8 Å². The third-order valence-corrected chi connectivity index (χ3v) is 3.32. The van der Waals surface area contributed by atoms with Crippen molar-refractivity contribution in [3.8, 4) is 6.07 Å².